The van der Waals surface area contributed by atoms with Crippen LogP contribution in [0.1, 0.15) is 55.2 Å². The molecule has 4 aromatic rings. The van der Waals surface area contributed by atoms with Gasteiger partial charge in [-0.25, -0.2) is 0 Å². The van der Waals surface area contributed by atoms with Gasteiger partial charge < -0.3 is 14.6 Å². The molecule has 4 heteroatoms. The first-order valence-corrected chi connectivity index (χ1v) is 13.7. The molecule has 2 fully saturated rings. The van der Waals surface area contributed by atoms with E-state index in [2.05, 4.69) is 99.4 Å². The zero-order valence-electron chi connectivity index (χ0n) is 21.1. The molecule has 6 rings (SSSR count). The minimum Gasteiger partial charge on any atom is -0.494 e. The van der Waals surface area contributed by atoms with E-state index in [1.54, 1.807) is 0 Å². The quantitative estimate of drug-likeness (QED) is 0.316. The summed E-state index contributed by atoms with van der Waals surface area (Å²) in [6.45, 7) is 5.30. The van der Waals surface area contributed by atoms with Crippen LogP contribution in [-0.4, -0.2) is 47.3 Å². The zero-order chi connectivity index (χ0) is 24.3. The Kier molecular flexibility index (Phi) is 6.69. The number of aromatic nitrogens is 1. The molecule has 0 amide bonds. The van der Waals surface area contributed by atoms with Gasteiger partial charge in [0.15, 0.2) is 5.88 Å². The van der Waals surface area contributed by atoms with Crippen LogP contribution < -0.4 is 4.90 Å². The fraction of sp³-hybridized carbons (Fsp3) is 0.375. The van der Waals surface area contributed by atoms with E-state index in [0.717, 1.165) is 49.9 Å². The van der Waals surface area contributed by atoms with Crippen LogP contribution in [0.5, 0.6) is 5.88 Å². The Morgan fingerprint density at radius 2 is 1.42 bits per heavy atom. The molecule has 0 bridgehead atoms. The maximum absolute atomic E-state index is 11.0. The Bertz CT molecular complexity index is 1230. The smallest absolute Gasteiger partial charge is 0.199 e. The molecule has 2 heterocycles. The number of hydrogen-bond donors (Lipinski definition) is 1. The van der Waals surface area contributed by atoms with Crippen molar-refractivity contribution < 1.29 is 5.11 Å². The average molecular weight is 480 g/mol. The van der Waals surface area contributed by atoms with Crippen molar-refractivity contribution in [2.75, 3.05) is 37.6 Å². The highest BCUT2D eigenvalue weighted by Gasteiger charge is 2.23. The summed E-state index contributed by atoms with van der Waals surface area (Å²) in [5, 5.41) is 13.1. The lowest BCUT2D eigenvalue weighted by Gasteiger charge is -2.36. The van der Waals surface area contributed by atoms with Crippen LogP contribution in [0.3, 0.4) is 0 Å². The number of benzene rings is 3. The third-order valence-corrected chi connectivity index (χ3v) is 8.39. The first-order valence-electron chi connectivity index (χ1n) is 13.7. The molecule has 0 spiro atoms. The van der Waals surface area contributed by atoms with Crippen molar-refractivity contribution in [3.05, 3.63) is 96.2 Å². The standard InChI is InChI=1S/C32H37N3O/c36-32-31-23-29(16-15-27(31)24-35(32)28-13-7-8-14-28)34-21-19-33(20-22-34)18-17-30(25-9-3-1-4-10-25)26-11-5-2-6-12-26/h1-6,9-12,15-16,23-24,28,30,36H,7-8,13-14,17-22H2. The molecular weight excluding hydrogens is 442 g/mol. The van der Waals surface area contributed by atoms with Gasteiger partial charge in [-0.1, -0.05) is 79.6 Å². The number of nitrogens with zero attached hydrogens (tertiary/aromatic N) is 3. The molecule has 1 aromatic heterocycles. The number of hydrogen-bond acceptors (Lipinski definition) is 3. The monoisotopic (exact) mass is 479 g/mol. The third-order valence-electron chi connectivity index (χ3n) is 8.39. The highest BCUT2D eigenvalue weighted by atomic mass is 16.3. The van der Waals surface area contributed by atoms with Crippen LogP contribution in [-0.2, 0) is 0 Å². The summed E-state index contributed by atoms with van der Waals surface area (Å²) in [5.41, 5.74) is 4.04. The number of rotatable bonds is 7. The topological polar surface area (TPSA) is 31.6 Å². The average Bonchev–Trinajstić information content (AvgIpc) is 3.58. The summed E-state index contributed by atoms with van der Waals surface area (Å²) in [6, 6.07) is 29.0. The second kappa shape index (κ2) is 10.4. The second-order valence-corrected chi connectivity index (χ2v) is 10.6. The summed E-state index contributed by atoms with van der Waals surface area (Å²) in [6.07, 6.45) is 8.18. The number of fused-ring (bicyclic) bond motifs is 1. The predicted octanol–water partition coefficient (Wildman–Crippen LogP) is 6.81. The van der Waals surface area contributed by atoms with Crippen molar-refractivity contribution in [3.8, 4) is 5.88 Å². The van der Waals surface area contributed by atoms with Gasteiger partial charge in [-0.3, -0.25) is 4.90 Å². The number of anilines is 1. The van der Waals surface area contributed by atoms with Gasteiger partial charge in [0, 0.05) is 60.8 Å². The fourth-order valence-corrected chi connectivity index (χ4v) is 6.30. The fourth-order valence-electron chi connectivity index (χ4n) is 6.30. The van der Waals surface area contributed by atoms with E-state index in [9.17, 15) is 5.11 Å². The van der Waals surface area contributed by atoms with Gasteiger partial charge in [-0.15, -0.1) is 0 Å². The number of piperazine rings is 1. The van der Waals surface area contributed by atoms with E-state index < -0.39 is 0 Å². The molecule has 4 nitrogen and oxygen atoms in total. The van der Waals surface area contributed by atoms with Gasteiger partial charge in [0.05, 0.1) is 0 Å². The first kappa shape index (κ1) is 23.2. The molecule has 1 aliphatic carbocycles. The van der Waals surface area contributed by atoms with E-state index in [0.29, 0.717) is 17.8 Å². The Hall–Kier alpha value is -3.24. The highest BCUT2D eigenvalue weighted by molar-refractivity contribution is 5.91. The molecule has 1 aliphatic heterocycles. The Morgan fingerprint density at radius 3 is 2.06 bits per heavy atom. The van der Waals surface area contributed by atoms with Gasteiger partial charge in [-0.05, 0) is 49.1 Å². The normalized spacial score (nSPS) is 17.4. The van der Waals surface area contributed by atoms with Gasteiger partial charge in [0.1, 0.15) is 0 Å². The maximum atomic E-state index is 11.0. The van der Waals surface area contributed by atoms with E-state index in [4.69, 9.17) is 0 Å². The minimum absolute atomic E-state index is 0.430. The summed E-state index contributed by atoms with van der Waals surface area (Å²) in [5.74, 6) is 0.880. The zero-order valence-corrected chi connectivity index (χ0v) is 21.1. The van der Waals surface area contributed by atoms with Crippen LogP contribution in [0.4, 0.5) is 5.69 Å². The van der Waals surface area contributed by atoms with E-state index in [-0.39, 0.29) is 0 Å². The molecule has 3 aromatic carbocycles. The lowest BCUT2D eigenvalue weighted by Crippen LogP contribution is -2.46. The molecule has 186 valence electrons. The van der Waals surface area contributed by atoms with Crippen LogP contribution >= 0.6 is 0 Å². The van der Waals surface area contributed by atoms with Crippen LogP contribution in [0, 0.1) is 0 Å². The number of aromatic hydroxyl groups is 1. The summed E-state index contributed by atoms with van der Waals surface area (Å²) in [7, 11) is 0. The molecule has 2 aliphatic rings. The Morgan fingerprint density at radius 1 is 0.778 bits per heavy atom. The Balaban J connectivity index is 1.10. The van der Waals surface area contributed by atoms with Crippen molar-refractivity contribution >= 4 is 16.5 Å². The van der Waals surface area contributed by atoms with Crippen molar-refractivity contribution in [2.24, 2.45) is 0 Å². The van der Waals surface area contributed by atoms with Gasteiger partial charge >= 0.3 is 0 Å². The van der Waals surface area contributed by atoms with Crippen molar-refractivity contribution in [2.45, 2.75) is 44.1 Å². The third kappa shape index (κ3) is 4.75. The van der Waals surface area contributed by atoms with Gasteiger partial charge in [0.25, 0.3) is 0 Å². The van der Waals surface area contributed by atoms with Crippen LogP contribution in [0.2, 0.25) is 0 Å². The molecule has 1 saturated carbocycles. The van der Waals surface area contributed by atoms with Crippen molar-refractivity contribution in [1.82, 2.24) is 9.47 Å². The first-order chi connectivity index (χ1) is 17.8. The maximum Gasteiger partial charge on any atom is 0.199 e. The van der Waals surface area contributed by atoms with E-state index >= 15 is 0 Å². The highest BCUT2D eigenvalue weighted by Crippen LogP contribution is 2.38. The van der Waals surface area contributed by atoms with Crippen LogP contribution in [0.15, 0.2) is 85.1 Å². The lowest BCUT2D eigenvalue weighted by atomic mass is 9.88. The molecule has 36 heavy (non-hydrogen) atoms. The SMILES string of the molecule is Oc1c2cc(N3CCN(CCC(c4ccccc4)c4ccccc4)CC3)ccc2cn1C1CCCC1. The summed E-state index contributed by atoms with van der Waals surface area (Å²) >= 11 is 0. The molecular formula is C32H37N3O. The minimum atomic E-state index is 0.430. The summed E-state index contributed by atoms with van der Waals surface area (Å²) in [4.78, 5) is 5.09. The van der Waals surface area contributed by atoms with Gasteiger partial charge in [-0.2, -0.15) is 0 Å². The predicted molar refractivity (Wildman–Crippen MR) is 149 cm³/mol. The van der Waals surface area contributed by atoms with Crippen LogP contribution in [0.25, 0.3) is 10.8 Å². The van der Waals surface area contributed by atoms with E-state index in [1.807, 2.05) is 0 Å². The van der Waals surface area contributed by atoms with Gasteiger partial charge in [0.2, 0.25) is 0 Å². The molecule has 0 radical (unpaired) electrons. The van der Waals surface area contributed by atoms with Crippen molar-refractivity contribution in [1.29, 1.82) is 0 Å². The molecule has 1 N–H and O–H groups in total. The largest absolute Gasteiger partial charge is 0.494 e. The second-order valence-electron chi connectivity index (χ2n) is 10.6. The van der Waals surface area contributed by atoms with E-state index in [1.165, 1.54) is 42.5 Å². The molecule has 1 saturated heterocycles. The molecule has 0 atom stereocenters. The summed E-state index contributed by atoms with van der Waals surface area (Å²) < 4.78 is 2.12. The molecule has 0 unspecified atom stereocenters. The lowest BCUT2D eigenvalue weighted by molar-refractivity contribution is 0.251. The Labute approximate surface area is 214 Å². The van der Waals surface area contributed by atoms with Crippen molar-refractivity contribution in [3.63, 3.8) is 0 Å².